The summed E-state index contributed by atoms with van der Waals surface area (Å²) in [7, 11) is 1.57. The predicted octanol–water partition coefficient (Wildman–Crippen LogP) is 1.53. The summed E-state index contributed by atoms with van der Waals surface area (Å²) in [6.45, 7) is 2.64. The number of ether oxygens (including phenoxy) is 2. The minimum Gasteiger partial charge on any atom is -0.496 e. The van der Waals surface area contributed by atoms with Crippen molar-refractivity contribution in [3.05, 3.63) is 29.8 Å². The van der Waals surface area contributed by atoms with Crippen LogP contribution in [0.5, 0.6) is 5.75 Å². The second-order valence-electron chi connectivity index (χ2n) is 4.47. The van der Waals surface area contributed by atoms with Gasteiger partial charge >= 0.3 is 11.9 Å². The normalized spacial score (nSPS) is 10.4. The monoisotopic (exact) mass is 295 g/mol. The largest absolute Gasteiger partial charge is 0.496 e. The molecule has 0 heterocycles. The molecule has 0 saturated heterocycles. The molecule has 0 aliphatic carbocycles. The molecule has 0 amide bonds. The Balaban J connectivity index is 2.69. The number of benzene rings is 1. The van der Waals surface area contributed by atoms with Gasteiger partial charge in [0.2, 0.25) is 0 Å². The first-order valence-electron chi connectivity index (χ1n) is 6.78. The molecule has 1 N–H and O–H groups in total. The molecule has 0 fully saturated rings. The molecule has 1 aromatic rings. The van der Waals surface area contributed by atoms with Crippen molar-refractivity contribution in [1.82, 2.24) is 4.90 Å². The number of methoxy groups -OCH3 is 1. The van der Waals surface area contributed by atoms with Gasteiger partial charge in [0.15, 0.2) is 0 Å². The first kappa shape index (κ1) is 17.0. The molecule has 0 spiro atoms. The first-order valence-corrected chi connectivity index (χ1v) is 6.78. The predicted molar refractivity (Wildman–Crippen MR) is 77.2 cm³/mol. The van der Waals surface area contributed by atoms with Crippen LogP contribution in [0.4, 0.5) is 0 Å². The molecule has 1 rings (SSSR count). The van der Waals surface area contributed by atoms with Crippen LogP contribution in [0, 0.1) is 0 Å². The van der Waals surface area contributed by atoms with Gasteiger partial charge in [-0.1, -0.05) is 18.2 Å². The third-order valence-corrected chi connectivity index (χ3v) is 2.88. The zero-order valence-corrected chi connectivity index (χ0v) is 12.4. The number of hydrogen-bond donors (Lipinski definition) is 1. The molecule has 6 nitrogen and oxygen atoms in total. The molecular weight excluding hydrogens is 274 g/mol. The third kappa shape index (κ3) is 6.27. The van der Waals surface area contributed by atoms with Crippen molar-refractivity contribution in [3.63, 3.8) is 0 Å². The van der Waals surface area contributed by atoms with Crippen molar-refractivity contribution in [2.45, 2.75) is 19.9 Å². The van der Waals surface area contributed by atoms with Gasteiger partial charge in [0.1, 0.15) is 5.75 Å². The van der Waals surface area contributed by atoms with Gasteiger partial charge in [-0.2, -0.15) is 0 Å². The van der Waals surface area contributed by atoms with Gasteiger partial charge in [-0.25, -0.2) is 0 Å². The minimum atomic E-state index is -0.936. The Bertz CT molecular complexity index is 475. The molecule has 0 bridgehead atoms. The number of rotatable bonds is 9. The van der Waals surface area contributed by atoms with E-state index >= 15 is 0 Å². The lowest BCUT2D eigenvalue weighted by atomic mass is 10.2. The number of hydrogen-bond acceptors (Lipinski definition) is 5. The van der Waals surface area contributed by atoms with Gasteiger partial charge in [-0.05, 0) is 13.0 Å². The van der Waals surface area contributed by atoms with Crippen molar-refractivity contribution in [3.8, 4) is 5.75 Å². The fraction of sp³-hybridized carbons (Fsp3) is 0.467. The van der Waals surface area contributed by atoms with Gasteiger partial charge in [0, 0.05) is 18.7 Å². The van der Waals surface area contributed by atoms with Gasteiger partial charge < -0.3 is 14.6 Å². The van der Waals surface area contributed by atoms with E-state index in [4.69, 9.17) is 14.6 Å². The number of carboxylic acids is 1. The van der Waals surface area contributed by atoms with E-state index in [1.165, 1.54) is 0 Å². The maximum atomic E-state index is 11.4. The number of carboxylic acid groups (broad SMARTS) is 1. The van der Waals surface area contributed by atoms with Gasteiger partial charge in [0.25, 0.3) is 0 Å². The first-order chi connectivity index (χ1) is 10.1. The average Bonchev–Trinajstić information content (AvgIpc) is 2.45. The quantitative estimate of drug-likeness (QED) is 0.696. The molecular formula is C15H21NO5. The fourth-order valence-corrected chi connectivity index (χ4v) is 1.96. The maximum absolute atomic E-state index is 11.4. The molecule has 0 radical (unpaired) electrons. The van der Waals surface area contributed by atoms with Crippen LogP contribution in [0.2, 0.25) is 0 Å². The number of para-hydroxylation sites is 1. The molecule has 6 heteroatoms. The van der Waals surface area contributed by atoms with Crippen molar-refractivity contribution in [2.24, 2.45) is 0 Å². The smallest absolute Gasteiger partial charge is 0.317 e. The van der Waals surface area contributed by atoms with Crippen molar-refractivity contribution >= 4 is 11.9 Å². The number of nitrogens with zero attached hydrogens (tertiary/aromatic N) is 1. The number of aliphatic carboxylic acids is 1. The molecule has 0 aliphatic heterocycles. The highest BCUT2D eigenvalue weighted by atomic mass is 16.5. The van der Waals surface area contributed by atoms with Crippen LogP contribution in [-0.2, 0) is 20.9 Å². The summed E-state index contributed by atoms with van der Waals surface area (Å²) in [5, 5.41) is 8.97. The summed E-state index contributed by atoms with van der Waals surface area (Å²) in [4.78, 5) is 24.0. The van der Waals surface area contributed by atoms with Crippen LogP contribution in [0.15, 0.2) is 24.3 Å². The Kier molecular flexibility index (Phi) is 7.25. The summed E-state index contributed by atoms with van der Waals surface area (Å²) in [6.07, 6.45) is 0.163. The fourth-order valence-electron chi connectivity index (χ4n) is 1.96. The van der Waals surface area contributed by atoms with Crippen LogP contribution in [0.25, 0.3) is 0 Å². The highest BCUT2D eigenvalue weighted by Crippen LogP contribution is 2.19. The van der Waals surface area contributed by atoms with E-state index in [9.17, 15) is 9.59 Å². The molecule has 0 aromatic heterocycles. The Morgan fingerprint density at radius 1 is 1.29 bits per heavy atom. The van der Waals surface area contributed by atoms with Crippen molar-refractivity contribution in [2.75, 3.05) is 26.8 Å². The van der Waals surface area contributed by atoms with Crippen LogP contribution in [0.3, 0.4) is 0 Å². The lowest BCUT2D eigenvalue weighted by Gasteiger charge is -2.21. The summed E-state index contributed by atoms with van der Waals surface area (Å²) in [5.74, 6) is -0.564. The minimum absolute atomic E-state index is 0.141. The molecule has 0 unspecified atom stereocenters. The molecule has 0 saturated carbocycles. The van der Waals surface area contributed by atoms with E-state index < -0.39 is 5.97 Å². The van der Waals surface area contributed by atoms with E-state index in [1.54, 1.807) is 18.9 Å². The van der Waals surface area contributed by atoms with E-state index in [0.29, 0.717) is 25.4 Å². The van der Waals surface area contributed by atoms with Gasteiger partial charge in [0.05, 0.1) is 26.7 Å². The zero-order valence-electron chi connectivity index (χ0n) is 12.4. The summed E-state index contributed by atoms with van der Waals surface area (Å²) in [6, 6.07) is 7.41. The Hall–Kier alpha value is -2.08. The molecule has 116 valence electrons. The Morgan fingerprint density at radius 3 is 2.62 bits per heavy atom. The van der Waals surface area contributed by atoms with E-state index in [2.05, 4.69) is 0 Å². The molecule has 1 aromatic carbocycles. The Morgan fingerprint density at radius 2 is 2.00 bits per heavy atom. The second kappa shape index (κ2) is 8.97. The van der Waals surface area contributed by atoms with Crippen LogP contribution in [-0.4, -0.2) is 48.8 Å². The lowest BCUT2D eigenvalue weighted by molar-refractivity contribution is -0.145. The van der Waals surface area contributed by atoms with E-state index in [-0.39, 0.29) is 18.9 Å². The second-order valence-corrected chi connectivity index (χ2v) is 4.47. The summed E-state index contributed by atoms with van der Waals surface area (Å²) >= 11 is 0. The number of carbonyl (C=O) groups is 2. The SMILES string of the molecule is CCOC(=O)CCN(CC(=O)O)Cc1ccccc1OC. The highest BCUT2D eigenvalue weighted by molar-refractivity contribution is 5.70. The molecule has 0 aliphatic rings. The standard InChI is InChI=1S/C15H21NO5/c1-3-21-15(19)8-9-16(11-14(17)18)10-12-6-4-5-7-13(12)20-2/h4-7H,3,8-11H2,1-2H3,(H,17,18). The average molecular weight is 295 g/mol. The van der Waals surface area contributed by atoms with E-state index in [0.717, 1.165) is 5.56 Å². The van der Waals surface area contributed by atoms with Gasteiger partial charge in [-0.15, -0.1) is 0 Å². The number of carbonyl (C=O) groups excluding carboxylic acids is 1. The zero-order chi connectivity index (χ0) is 15.7. The topological polar surface area (TPSA) is 76.1 Å². The molecule has 0 atom stereocenters. The van der Waals surface area contributed by atoms with Crippen LogP contribution in [0.1, 0.15) is 18.9 Å². The Labute approximate surface area is 124 Å². The lowest BCUT2D eigenvalue weighted by Crippen LogP contribution is -2.31. The number of esters is 1. The third-order valence-electron chi connectivity index (χ3n) is 2.88. The van der Waals surface area contributed by atoms with Crippen molar-refractivity contribution in [1.29, 1.82) is 0 Å². The van der Waals surface area contributed by atoms with Crippen LogP contribution < -0.4 is 4.74 Å². The van der Waals surface area contributed by atoms with Crippen molar-refractivity contribution < 1.29 is 24.2 Å². The van der Waals surface area contributed by atoms with Crippen LogP contribution >= 0.6 is 0 Å². The maximum Gasteiger partial charge on any atom is 0.317 e. The molecule has 21 heavy (non-hydrogen) atoms. The highest BCUT2D eigenvalue weighted by Gasteiger charge is 2.14. The van der Waals surface area contributed by atoms with E-state index in [1.807, 2.05) is 24.3 Å². The van der Waals surface area contributed by atoms with Gasteiger partial charge in [-0.3, -0.25) is 14.5 Å². The summed E-state index contributed by atoms with van der Waals surface area (Å²) in [5.41, 5.74) is 0.880. The summed E-state index contributed by atoms with van der Waals surface area (Å²) < 4.78 is 10.1.